The van der Waals surface area contributed by atoms with Gasteiger partial charge in [0.1, 0.15) is 0 Å². The summed E-state index contributed by atoms with van der Waals surface area (Å²) in [6.45, 7) is 3.69. The van der Waals surface area contributed by atoms with E-state index < -0.39 is 5.97 Å². The second kappa shape index (κ2) is 6.72. The monoisotopic (exact) mass is 338 g/mol. The van der Waals surface area contributed by atoms with E-state index in [2.05, 4.69) is 11.6 Å². The van der Waals surface area contributed by atoms with Crippen LogP contribution in [0.2, 0.25) is 0 Å². The topological polar surface area (TPSA) is 72.2 Å². The molecule has 0 aliphatic rings. The number of carboxylic acid groups (broad SMARTS) is 1. The Hall–Kier alpha value is -2.86. The number of carbonyl (C=O) groups is 1. The molecular formula is C18H14N2O3S. The molecule has 3 aromatic rings. The number of hydrogen-bond acceptors (Lipinski definition) is 4. The van der Waals surface area contributed by atoms with Crippen molar-refractivity contribution in [2.75, 3.05) is 5.75 Å². The lowest BCUT2D eigenvalue weighted by Gasteiger charge is -2.12. The highest BCUT2D eigenvalue weighted by atomic mass is 32.2. The van der Waals surface area contributed by atoms with Gasteiger partial charge >= 0.3 is 5.97 Å². The zero-order valence-corrected chi connectivity index (χ0v) is 13.5. The molecule has 5 nitrogen and oxygen atoms in total. The van der Waals surface area contributed by atoms with Crippen molar-refractivity contribution in [3.63, 3.8) is 0 Å². The number of benzene rings is 2. The van der Waals surface area contributed by atoms with Crippen molar-refractivity contribution >= 4 is 28.6 Å². The van der Waals surface area contributed by atoms with Crippen LogP contribution in [0.15, 0.2) is 71.1 Å². The van der Waals surface area contributed by atoms with Gasteiger partial charge in [0.2, 0.25) is 0 Å². The van der Waals surface area contributed by atoms with E-state index in [9.17, 15) is 9.59 Å². The van der Waals surface area contributed by atoms with Crippen LogP contribution in [0.1, 0.15) is 10.4 Å². The van der Waals surface area contributed by atoms with Crippen LogP contribution in [0.3, 0.4) is 0 Å². The summed E-state index contributed by atoms with van der Waals surface area (Å²) in [5, 5.41) is 10.0. The Morgan fingerprint density at radius 2 is 2.00 bits per heavy atom. The van der Waals surface area contributed by atoms with Gasteiger partial charge in [-0.2, -0.15) is 0 Å². The fraction of sp³-hybridized carbons (Fsp3) is 0.0556. The lowest BCUT2D eigenvalue weighted by atomic mass is 10.1. The number of aromatic nitrogens is 2. The first-order valence-corrected chi connectivity index (χ1v) is 8.19. The Morgan fingerprint density at radius 3 is 2.67 bits per heavy atom. The van der Waals surface area contributed by atoms with E-state index in [-0.39, 0.29) is 11.1 Å². The molecule has 0 aliphatic carbocycles. The van der Waals surface area contributed by atoms with Crippen LogP contribution in [0.25, 0.3) is 16.6 Å². The highest BCUT2D eigenvalue weighted by Gasteiger charge is 2.14. The molecule has 2 aromatic carbocycles. The van der Waals surface area contributed by atoms with Gasteiger partial charge in [-0.25, -0.2) is 9.78 Å². The standard InChI is InChI=1S/C18H14N2O3S/c1-2-10-24-18-19-15-11-12(17(22)23)8-9-14(15)16(21)20(18)13-6-4-3-5-7-13/h2-9,11H,1,10H2,(H,22,23). The highest BCUT2D eigenvalue weighted by Crippen LogP contribution is 2.22. The van der Waals surface area contributed by atoms with Crippen LogP contribution in [0.5, 0.6) is 0 Å². The lowest BCUT2D eigenvalue weighted by molar-refractivity contribution is 0.0697. The molecule has 0 amide bonds. The first-order valence-electron chi connectivity index (χ1n) is 7.21. The summed E-state index contributed by atoms with van der Waals surface area (Å²) in [5.74, 6) is -0.463. The molecule has 0 fully saturated rings. The van der Waals surface area contributed by atoms with E-state index in [1.807, 2.05) is 30.3 Å². The van der Waals surface area contributed by atoms with E-state index >= 15 is 0 Å². The van der Waals surface area contributed by atoms with E-state index in [1.165, 1.54) is 34.5 Å². The van der Waals surface area contributed by atoms with E-state index in [4.69, 9.17) is 5.11 Å². The average molecular weight is 338 g/mol. The molecule has 0 bridgehead atoms. The molecule has 1 N–H and O–H groups in total. The second-order valence-electron chi connectivity index (χ2n) is 5.01. The first-order chi connectivity index (χ1) is 11.6. The first kappa shape index (κ1) is 16.0. The van der Waals surface area contributed by atoms with Crippen LogP contribution in [0, 0.1) is 0 Å². The zero-order chi connectivity index (χ0) is 17.1. The number of aromatic carboxylic acids is 1. The maximum atomic E-state index is 12.9. The third-order valence-corrected chi connectivity index (χ3v) is 4.36. The molecule has 0 unspecified atom stereocenters. The van der Waals surface area contributed by atoms with Crippen LogP contribution in [0.4, 0.5) is 0 Å². The van der Waals surface area contributed by atoms with Crippen LogP contribution < -0.4 is 5.56 Å². The molecule has 3 rings (SSSR count). The summed E-state index contributed by atoms with van der Waals surface area (Å²) in [6.07, 6.45) is 1.73. The van der Waals surface area contributed by atoms with Crippen molar-refractivity contribution in [2.45, 2.75) is 5.16 Å². The Morgan fingerprint density at radius 1 is 1.25 bits per heavy atom. The minimum Gasteiger partial charge on any atom is -0.478 e. The summed E-state index contributed by atoms with van der Waals surface area (Å²) >= 11 is 1.37. The van der Waals surface area contributed by atoms with Gasteiger partial charge in [0, 0.05) is 5.75 Å². The summed E-state index contributed by atoms with van der Waals surface area (Å²) in [4.78, 5) is 28.6. The molecule has 0 spiro atoms. The predicted molar refractivity (Wildman–Crippen MR) is 95.2 cm³/mol. The van der Waals surface area contributed by atoms with Gasteiger partial charge in [-0.15, -0.1) is 6.58 Å². The van der Waals surface area contributed by atoms with Crippen LogP contribution in [-0.4, -0.2) is 26.4 Å². The number of hydrogen-bond donors (Lipinski definition) is 1. The molecule has 1 heterocycles. The average Bonchev–Trinajstić information content (AvgIpc) is 2.60. The van der Waals surface area contributed by atoms with Crippen LogP contribution in [-0.2, 0) is 0 Å². The number of fused-ring (bicyclic) bond motifs is 1. The zero-order valence-electron chi connectivity index (χ0n) is 12.7. The number of nitrogens with zero attached hydrogens (tertiary/aromatic N) is 2. The third kappa shape index (κ3) is 2.96. The fourth-order valence-electron chi connectivity index (χ4n) is 2.33. The van der Waals surface area contributed by atoms with E-state index in [0.29, 0.717) is 27.5 Å². The van der Waals surface area contributed by atoms with Gasteiger partial charge in [0.15, 0.2) is 5.16 Å². The van der Waals surface area contributed by atoms with Crippen molar-refractivity contribution in [1.82, 2.24) is 9.55 Å². The maximum absolute atomic E-state index is 12.9. The summed E-state index contributed by atoms with van der Waals surface area (Å²) in [6, 6.07) is 13.6. The van der Waals surface area contributed by atoms with Crippen molar-refractivity contribution < 1.29 is 9.90 Å². The van der Waals surface area contributed by atoms with Gasteiger partial charge < -0.3 is 5.11 Å². The second-order valence-corrected chi connectivity index (χ2v) is 5.99. The fourth-order valence-corrected chi connectivity index (χ4v) is 3.08. The number of rotatable bonds is 5. The molecule has 0 radical (unpaired) electrons. The molecule has 0 aliphatic heterocycles. The largest absolute Gasteiger partial charge is 0.478 e. The molecule has 1 aromatic heterocycles. The Bertz CT molecular complexity index is 981. The molecule has 120 valence electrons. The Labute approximate surface area is 142 Å². The third-order valence-electron chi connectivity index (χ3n) is 3.43. The highest BCUT2D eigenvalue weighted by molar-refractivity contribution is 7.99. The van der Waals surface area contributed by atoms with Gasteiger partial charge in [-0.05, 0) is 30.3 Å². The SMILES string of the molecule is C=CCSc1nc2cc(C(=O)O)ccc2c(=O)n1-c1ccccc1. The van der Waals surface area contributed by atoms with Gasteiger partial charge in [0.25, 0.3) is 5.56 Å². The van der Waals surface area contributed by atoms with Crippen molar-refractivity contribution in [3.05, 3.63) is 77.1 Å². The Kier molecular flexibility index (Phi) is 4.48. The normalized spacial score (nSPS) is 10.7. The minimum atomic E-state index is -1.05. The predicted octanol–water partition coefficient (Wildman–Crippen LogP) is 3.36. The molecule has 0 saturated carbocycles. The Balaban J connectivity index is 2.31. The summed E-state index contributed by atoms with van der Waals surface area (Å²) in [7, 11) is 0. The molecule has 24 heavy (non-hydrogen) atoms. The summed E-state index contributed by atoms with van der Waals surface area (Å²) < 4.78 is 1.54. The number of thioether (sulfide) groups is 1. The van der Waals surface area contributed by atoms with Gasteiger partial charge in [-0.3, -0.25) is 9.36 Å². The van der Waals surface area contributed by atoms with Gasteiger partial charge in [-0.1, -0.05) is 36.0 Å². The minimum absolute atomic E-state index is 0.103. The van der Waals surface area contributed by atoms with Crippen molar-refractivity contribution in [1.29, 1.82) is 0 Å². The van der Waals surface area contributed by atoms with Crippen molar-refractivity contribution in [3.8, 4) is 5.69 Å². The molecular weight excluding hydrogens is 324 g/mol. The van der Waals surface area contributed by atoms with Crippen molar-refractivity contribution in [2.24, 2.45) is 0 Å². The molecule has 0 saturated heterocycles. The van der Waals surface area contributed by atoms with Gasteiger partial charge in [0.05, 0.1) is 22.2 Å². The maximum Gasteiger partial charge on any atom is 0.335 e. The molecule has 0 atom stereocenters. The smallest absolute Gasteiger partial charge is 0.335 e. The van der Waals surface area contributed by atoms with E-state index in [1.54, 1.807) is 6.08 Å². The number of para-hydroxylation sites is 1. The van der Waals surface area contributed by atoms with E-state index in [0.717, 1.165) is 0 Å². The quantitative estimate of drug-likeness (QED) is 0.439. The number of carboxylic acids is 1. The lowest BCUT2D eigenvalue weighted by Crippen LogP contribution is -2.22. The molecule has 6 heteroatoms. The van der Waals surface area contributed by atoms with Crippen LogP contribution >= 0.6 is 11.8 Å². The summed E-state index contributed by atoms with van der Waals surface area (Å²) in [5.41, 5.74) is 0.964.